The summed E-state index contributed by atoms with van der Waals surface area (Å²) >= 11 is 0. The van der Waals surface area contributed by atoms with Crippen LogP contribution in [0.25, 0.3) is 27.7 Å². The molecule has 1 amide bonds. The van der Waals surface area contributed by atoms with E-state index in [1.165, 1.54) is 0 Å². The minimum absolute atomic E-state index is 0.0123. The Kier molecular flexibility index (Phi) is 5.38. The van der Waals surface area contributed by atoms with E-state index in [0.717, 1.165) is 33.2 Å². The van der Waals surface area contributed by atoms with Gasteiger partial charge in [0.1, 0.15) is 22.8 Å². The molecule has 8 heteroatoms. The second kappa shape index (κ2) is 8.03. The molecule has 0 bridgehead atoms. The fourth-order valence-corrected chi connectivity index (χ4v) is 3.54. The number of amides is 1. The van der Waals surface area contributed by atoms with Gasteiger partial charge < -0.3 is 4.74 Å². The number of fused-ring (bicyclic) bond motifs is 3. The van der Waals surface area contributed by atoms with Crippen LogP contribution in [0.15, 0.2) is 43.0 Å². The number of ketones is 1. The summed E-state index contributed by atoms with van der Waals surface area (Å²) in [4.78, 5) is 37.4. The second-order valence-electron chi connectivity index (χ2n) is 8.60. The van der Waals surface area contributed by atoms with Crippen LogP contribution in [-0.4, -0.2) is 36.8 Å². The molecule has 0 aliphatic carbocycles. The Bertz CT molecular complexity index is 1350. The number of nitrogens with one attached hydrogen (secondary N) is 1. The topological polar surface area (TPSA) is 98.5 Å². The summed E-state index contributed by atoms with van der Waals surface area (Å²) in [6.45, 7) is 9.19. The molecule has 0 saturated carbocycles. The molecule has 0 unspecified atom stereocenters. The zero-order valence-electron chi connectivity index (χ0n) is 18.8. The summed E-state index contributed by atoms with van der Waals surface area (Å²) in [6, 6.07) is 5.59. The lowest BCUT2D eigenvalue weighted by atomic mass is 10.0. The van der Waals surface area contributed by atoms with E-state index in [2.05, 4.69) is 20.3 Å². The molecule has 4 rings (SSSR count). The number of aromatic nitrogens is 4. The maximum atomic E-state index is 12.1. The van der Waals surface area contributed by atoms with Crippen LogP contribution < -0.4 is 5.32 Å². The van der Waals surface area contributed by atoms with Crippen LogP contribution in [0.4, 0.5) is 10.6 Å². The summed E-state index contributed by atoms with van der Waals surface area (Å²) in [7, 11) is 0. The molecule has 0 spiro atoms. The molecule has 0 radical (unpaired) electrons. The number of Topliss-reactive ketones (excluding diaryl/α,β-unsaturated/α-hetero) is 1. The Morgan fingerprint density at radius 1 is 1.06 bits per heavy atom. The van der Waals surface area contributed by atoms with Gasteiger partial charge in [-0.15, -0.1) is 0 Å². The van der Waals surface area contributed by atoms with Crippen LogP contribution in [-0.2, 0) is 4.74 Å². The number of pyridine rings is 3. The van der Waals surface area contributed by atoms with Crippen LogP contribution in [0, 0.1) is 6.92 Å². The standard InChI is InChI=1S/C24H25N5O3/c1-6-20(30)18-9-14(2)17(13-26-18)16-10-15-12-27-21(28-23(31)32-24(3,4)5)11-19(15)29-8-7-25-22(16)29/h7-13H,6H2,1-5H3,(H,27,28,31). The summed E-state index contributed by atoms with van der Waals surface area (Å²) in [5.74, 6) is 0.396. The normalized spacial score (nSPS) is 11.7. The molecule has 164 valence electrons. The van der Waals surface area contributed by atoms with E-state index in [-0.39, 0.29) is 5.78 Å². The van der Waals surface area contributed by atoms with Gasteiger partial charge in [-0.1, -0.05) is 6.92 Å². The highest BCUT2D eigenvalue weighted by atomic mass is 16.6. The van der Waals surface area contributed by atoms with E-state index >= 15 is 0 Å². The van der Waals surface area contributed by atoms with Crippen LogP contribution in [0.5, 0.6) is 0 Å². The molecule has 1 N–H and O–H groups in total. The van der Waals surface area contributed by atoms with E-state index < -0.39 is 11.7 Å². The van der Waals surface area contributed by atoms with E-state index in [1.807, 2.05) is 36.6 Å². The Labute approximate surface area is 185 Å². The van der Waals surface area contributed by atoms with E-state index in [1.54, 1.807) is 45.4 Å². The zero-order chi connectivity index (χ0) is 23.0. The van der Waals surface area contributed by atoms with Gasteiger partial charge in [-0.3, -0.25) is 19.5 Å². The van der Waals surface area contributed by atoms with Gasteiger partial charge in [-0.25, -0.2) is 14.8 Å². The fraction of sp³-hybridized carbons (Fsp3) is 0.292. The largest absolute Gasteiger partial charge is 0.444 e. The van der Waals surface area contributed by atoms with E-state index in [4.69, 9.17) is 4.74 Å². The van der Waals surface area contributed by atoms with Gasteiger partial charge in [0, 0.05) is 53.8 Å². The van der Waals surface area contributed by atoms with E-state index in [0.29, 0.717) is 17.9 Å². The molecule has 0 aliphatic heterocycles. The molecule has 0 fully saturated rings. The summed E-state index contributed by atoms with van der Waals surface area (Å²) in [6.07, 6.45) is 6.85. The van der Waals surface area contributed by atoms with Crippen molar-refractivity contribution in [2.75, 3.05) is 5.32 Å². The van der Waals surface area contributed by atoms with Gasteiger partial charge in [-0.05, 0) is 45.4 Å². The highest BCUT2D eigenvalue weighted by molar-refractivity contribution is 5.96. The number of carbonyl (C=O) groups excluding carboxylic acids is 2. The van der Waals surface area contributed by atoms with Crippen molar-refractivity contribution in [3.63, 3.8) is 0 Å². The highest BCUT2D eigenvalue weighted by Crippen LogP contribution is 2.31. The molecular weight excluding hydrogens is 406 g/mol. The van der Waals surface area contributed by atoms with Gasteiger partial charge in [0.15, 0.2) is 5.78 Å². The molecule has 0 aromatic carbocycles. The number of imidazole rings is 1. The van der Waals surface area contributed by atoms with Crippen LogP contribution in [0.3, 0.4) is 0 Å². The van der Waals surface area contributed by atoms with Crippen molar-refractivity contribution in [1.82, 2.24) is 19.4 Å². The van der Waals surface area contributed by atoms with Gasteiger partial charge in [0.25, 0.3) is 0 Å². The smallest absolute Gasteiger partial charge is 0.413 e. The molecule has 0 aliphatic rings. The lowest BCUT2D eigenvalue weighted by Crippen LogP contribution is -2.27. The number of hydrogen-bond donors (Lipinski definition) is 1. The lowest BCUT2D eigenvalue weighted by Gasteiger charge is -2.19. The third kappa shape index (κ3) is 4.16. The number of carbonyl (C=O) groups is 2. The molecule has 8 nitrogen and oxygen atoms in total. The van der Waals surface area contributed by atoms with Crippen LogP contribution >= 0.6 is 0 Å². The fourth-order valence-electron chi connectivity index (χ4n) is 3.54. The van der Waals surface area contributed by atoms with Gasteiger partial charge >= 0.3 is 6.09 Å². The third-order valence-corrected chi connectivity index (χ3v) is 4.99. The minimum Gasteiger partial charge on any atom is -0.444 e. The number of hydrogen-bond acceptors (Lipinski definition) is 6. The highest BCUT2D eigenvalue weighted by Gasteiger charge is 2.18. The summed E-state index contributed by atoms with van der Waals surface area (Å²) in [5, 5.41) is 3.55. The first-order chi connectivity index (χ1) is 15.2. The molecular formula is C24H25N5O3. The Morgan fingerprint density at radius 3 is 2.53 bits per heavy atom. The first kappa shape index (κ1) is 21.4. The zero-order valence-corrected chi connectivity index (χ0v) is 18.8. The predicted octanol–water partition coefficient (Wildman–Crippen LogP) is 5.19. The molecule has 32 heavy (non-hydrogen) atoms. The Morgan fingerprint density at radius 2 is 1.84 bits per heavy atom. The first-order valence-corrected chi connectivity index (χ1v) is 10.4. The minimum atomic E-state index is -0.601. The molecule has 4 aromatic rings. The number of nitrogens with zero attached hydrogens (tertiary/aromatic N) is 4. The Hall–Kier alpha value is -3.81. The lowest BCUT2D eigenvalue weighted by molar-refractivity contribution is 0.0635. The molecule has 4 aromatic heterocycles. The van der Waals surface area contributed by atoms with Crippen molar-refractivity contribution in [2.24, 2.45) is 0 Å². The number of anilines is 1. The summed E-state index contributed by atoms with van der Waals surface area (Å²) < 4.78 is 7.25. The van der Waals surface area contributed by atoms with Crippen molar-refractivity contribution in [1.29, 1.82) is 0 Å². The molecule has 0 atom stereocenters. The summed E-state index contributed by atoms with van der Waals surface area (Å²) in [5.41, 5.74) is 4.17. The van der Waals surface area contributed by atoms with Crippen molar-refractivity contribution < 1.29 is 14.3 Å². The number of aryl methyl sites for hydroxylation is 1. The number of ether oxygens (including phenoxy) is 1. The van der Waals surface area contributed by atoms with Gasteiger partial charge in [-0.2, -0.15) is 0 Å². The first-order valence-electron chi connectivity index (χ1n) is 10.4. The van der Waals surface area contributed by atoms with E-state index in [9.17, 15) is 9.59 Å². The monoisotopic (exact) mass is 431 g/mol. The molecule has 4 heterocycles. The maximum Gasteiger partial charge on any atom is 0.413 e. The quantitative estimate of drug-likeness (QED) is 0.446. The second-order valence-corrected chi connectivity index (χ2v) is 8.60. The van der Waals surface area contributed by atoms with Gasteiger partial charge in [0.2, 0.25) is 0 Å². The van der Waals surface area contributed by atoms with Crippen LogP contribution in [0.1, 0.15) is 50.2 Å². The van der Waals surface area contributed by atoms with Crippen molar-refractivity contribution in [2.45, 2.75) is 46.6 Å². The van der Waals surface area contributed by atoms with Crippen molar-refractivity contribution in [3.8, 4) is 11.1 Å². The predicted molar refractivity (Wildman–Crippen MR) is 123 cm³/mol. The van der Waals surface area contributed by atoms with Crippen molar-refractivity contribution in [3.05, 3.63) is 54.2 Å². The third-order valence-electron chi connectivity index (χ3n) is 4.99. The number of rotatable bonds is 4. The maximum absolute atomic E-state index is 12.1. The molecule has 0 saturated heterocycles. The van der Waals surface area contributed by atoms with Gasteiger partial charge in [0.05, 0.1) is 5.52 Å². The van der Waals surface area contributed by atoms with Crippen LogP contribution in [0.2, 0.25) is 0 Å². The average molecular weight is 431 g/mol. The van der Waals surface area contributed by atoms with Crippen molar-refractivity contribution >= 4 is 34.2 Å². The SMILES string of the molecule is CCC(=O)c1cc(C)c(-c2cc3cnc(NC(=O)OC(C)(C)C)cc3n3ccnc23)cn1. The Balaban J connectivity index is 1.78. The average Bonchev–Trinajstić information content (AvgIpc) is 3.21.